The Kier molecular flexibility index (Phi) is 4.97. The van der Waals surface area contributed by atoms with Gasteiger partial charge in [-0.1, -0.05) is 31.2 Å². The molecule has 1 aliphatic heterocycles. The SMILES string of the molecule is CCc1ccc(C(N)CN(C)C2CCOC2C)cc1. The van der Waals surface area contributed by atoms with Crippen LogP contribution >= 0.6 is 0 Å². The molecular weight excluding hydrogens is 236 g/mol. The molecule has 0 saturated carbocycles. The van der Waals surface area contributed by atoms with Gasteiger partial charge in [0, 0.05) is 25.2 Å². The number of likely N-dealkylation sites (N-methyl/N-ethyl adjacent to an activating group) is 1. The van der Waals surface area contributed by atoms with Crippen LogP contribution in [0.1, 0.15) is 37.4 Å². The summed E-state index contributed by atoms with van der Waals surface area (Å²) in [6.07, 6.45) is 2.51. The molecule has 3 unspecified atom stereocenters. The van der Waals surface area contributed by atoms with Crippen molar-refractivity contribution in [3.63, 3.8) is 0 Å². The average molecular weight is 262 g/mol. The minimum absolute atomic E-state index is 0.0729. The van der Waals surface area contributed by atoms with Crippen LogP contribution in [0.15, 0.2) is 24.3 Å². The number of aryl methyl sites for hydroxylation is 1. The maximum absolute atomic E-state index is 6.32. The van der Waals surface area contributed by atoms with Crippen LogP contribution in [-0.2, 0) is 11.2 Å². The summed E-state index contributed by atoms with van der Waals surface area (Å²) in [7, 11) is 2.15. The second-order valence-electron chi connectivity index (χ2n) is 5.57. The first kappa shape index (κ1) is 14.5. The van der Waals surface area contributed by atoms with Gasteiger partial charge in [-0.3, -0.25) is 4.90 Å². The lowest BCUT2D eigenvalue weighted by atomic mass is 10.0. The van der Waals surface area contributed by atoms with Gasteiger partial charge in [0.05, 0.1) is 6.10 Å². The quantitative estimate of drug-likeness (QED) is 0.885. The number of benzene rings is 1. The summed E-state index contributed by atoms with van der Waals surface area (Å²) in [5.41, 5.74) is 8.90. The Morgan fingerprint density at radius 3 is 2.58 bits per heavy atom. The van der Waals surface area contributed by atoms with Crippen molar-refractivity contribution < 1.29 is 4.74 Å². The summed E-state index contributed by atoms with van der Waals surface area (Å²) in [5, 5.41) is 0. The van der Waals surface area contributed by atoms with Gasteiger partial charge in [-0.05, 0) is 37.9 Å². The Morgan fingerprint density at radius 2 is 2.05 bits per heavy atom. The Hall–Kier alpha value is -0.900. The smallest absolute Gasteiger partial charge is 0.0702 e. The fourth-order valence-corrected chi connectivity index (χ4v) is 2.85. The van der Waals surface area contributed by atoms with E-state index < -0.39 is 0 Å². The molecule has 3 atom stereocenters. The summed E-state index contributed by atoms with van der Waals surface area (Å²) >= 11 is 0. The number of ether oxygens (including phenoxy) is 1. The van der Waals surface area contributed by atoms with E-state index in [9.17, 15) is 0 Å². The number of nitrogens with zero attached hydrogens (tertiary/aromatic N) is 1. The van der Waals surface area contributed by atoms with E-state index >= 15 is 0 Å². The summed E-state index contributed by atoms with van der Waals surface area (Å²) in [5.74, 6) is 0. The van der Waals surface area contributed by atoms with Crippen molar-refractivity contribution in [2.75, 3.05) is 20.2 Å². The summed E-state index contributed by atoms with van der Waals surface area (Å²) in [6.45, 7) is 6.07. The molecule has 106 valence electrons. The van der Waals surface area contributed by atoms with Crippen molar-refractivity contribution in [2.24, 2.45) is 5.73 Å². The van der Waals surface area contributed by atoms with Gasteiger partial charge in [-0.2, -0.15) is 0 Å². The van der Waals surface area contributed by atoms with E-state index in [1.165, 1.54) is 11.1 Å². The lowest BCUT2D eigenvalue weighted by Crippen LogP contribution is -2.40. The molecule has 19 heavy (non-hydrogen) atoms. The Bertz CT molecular complexity index is 390. The third-order valence-electron chi connectivity index (χ3n) is 4.20. The van der Waals surface area contributed by atoms with Gasteiger partial charge >= 0.3 is 0 Å². The Balaban J connectivity index is 1.93. The fraction of sp³-hybridized carbons (Fsp3) is 0.625. The summed E-state index contributed by atoms with van der Waals surface area (Å²) in [4.78, 5) is 2.34. The van der Waals surface area contributed by atoms with Gasteiger partial charge in [-0.25, -0.2) is 0 Å². The van der Waals surface area contributed by atoms with E-state index in [0.29, 0.717) is 12.1 Å². The molecule has 3 nitrogen and oxygen atoms in total. The minimum atomic E-state index is 0.0729. The predicted molar refractivity (Wildman–Crippen MR) is 79.2 cm³/mol. The molecule has 2 N–H and O–H groups in total. The van der Waals surface area contributed by atoms with Crippen LogP contribution in [0, 0.1) is 0 Å². The van der Waals surface area contributed by atoms with Crippen molar-refractivity contribution in [1.82, 2.24) is 4.90 Å². The molecule has 1 saturated heterocycles. The van der Waals surface area contributed by atoms with E-state index in [1.807, 2.05) is 0 Å². The lowest BCUT2D eigenvalue weighted by Gasteiger charge is -2.29. The van der Waals surface area contributed by atoms with E-state index in [1.54, 1.807) is 0 Å². The summed E-state index contributed by atoms with van der Waals surface area (Å²) in [6, 6.07) is 9.25. The Morgan fingerprint density at radius 1 is 1.37 bits per heavy atom. The standard InChI is InChI=1S/C16H26N2O/c1-4-13-5-7-14(8-6-13)15(17)11-18(3)16-9-10-19-12(16)2/h5-8,12,15-16H,4,9-11,17H2,1-3H3. The van der Waals surface area contributed by atoms with E-state index in [-0.39, 0.29) is 6.04 Å². The number of nitrogens with two attached hydrogens (primary N) is 1. The highest BCUT2D eigenvalue weighted by Gasteiger charge is 2.28. The summed E-state index contributed by atoms with van der Waals surface area (Å²) < 4.78 is 5.62. The molecule has 0 bridgehead atoms. The van der Waals surface area contributed by atoms with Crippen molar-refractivity contribution >= 4 is 0 Å². The molecule has 0 radical (unpaired) electrons. The molecular formula is C16H26N2O. The third kappa shape index (κ3) is 3.56. The average Bonchev–Trinajstić information content (AvgIpc) is 2.85. The molecule has 1 aromatic rings. The van der Waals surface area contributed by atoms with Gasteiger partial charge in [-0.15, -0.1) is 0 Å². The van der Waals surface area contributed by atoms with Crippen molar-refractivity contribution in [3.8, 4) is 0 Å². The first-order valence-corrected chi connectivity index (χ1v) is 7.28. The van der Waals surface area contributed by atoms with Gasteiger partial charge in [0.1, 0.15) is 0 Å². The largest absolute Gasteiger partial charge is 0.377 e. The van der Waals surface area contributed by atoms with Gasteiger partial charge < -0.3 is 10.5 Å². The number of hydrogen-bond donors (Lipinski definition) is 1. The van der Waals surface area contributed by atoms with Crippen molar-refractivity contribution in [2.45, 2.75) is 44.9 Å². The van der Waals surface area contributed by atoms with E-state index in [0.717, 1.165) is 26.0 Å². The zero-order valence-corrected chi connectivity index (χ0v) is 12.3. The zero-order valence-electron chi connectivity index (χ0n) is 12.3. The van der Waals surface area contributed by atoms with Gasteiger partial charge in [0.2, 0.25) is 0 Å². The second-order valence-corrected chi connectivity index (χ2v) is 5.57. The van der Waals surface area contributed by atoms with Crippen LogP contribution in [0.5, 0.6) is 0 Å². The van der Waals surface area contributed by atoms with Crippen LogP contribution in [0.25, 0.3) is 0 Å². The van der Waals surface area contributed by atoms with Crippen LogP contribution in [0.3, 0.4) is 0 Å². The topological polar surface area (TPSA) is 38.5 Å². The van der Waals surface area contributed by atoms with Gasteiger partial charge in [0.25, 0.3) is 0 Å². The van der Waals surface area contributed by atoms with Gasteiger partial charge in [0.15, 0.2) is 0 Å². The highest BCUT2D eigenvalue weighted by atomic mass is 16.5. The van der Waals surface area contributed by atoms with Crippen LogP contribution in [0.4, 0.5) is 0 Å². The molecule has 0 aliphatic carbocycles. The second kappa shape index (κ2) is 6.51. The van der Waals surface area contributed by atoms with Crippen LogP contribution in [0.2, 0.25) is 0 Å². The monoisotopic (exact) mass is 262 g/mol. The lowest BCUT2D eigenvalue weighted by molar-refractivity contribution is 0.0818. The normalized spacial score (nSPS) is 24.9. The molecule has 1 aromatic carbocycles. The van der Waals surface area contributed by atoms with Crippen molar-refractivity contribution in [3.05, 3.63) is 35.4 Å². The predicted octanol–water partition coefficient (Wildman–Crippen LogP) is 2.36. The first-order chi connectivity index (χ1) is 9.11. The number of rotatable bonds is 5. The molecule has 0 spiro atoms. The van der Waals surface area contributed by atoms with Crippen LogP contribution < -0.4 is 5.73 Å². The molecule has 0 aromatic heterocycles. The Labute approximate surface area is 116 Å². The zero-order chi connectivity index (χ0) is 13.8. The highest BCUT2D eigenvalue weighted by Crippen LogP contribution is 2.21. The highest BCUT2D eigenvalue weighted by molar-refractivity contribution is 5.25. The molecule has 3 heteroatoms. The van der Waals surface area contributed by atoms with Crippen LogP contribution in [-0.4, -0.2) is 37.2 Å². The maximum atomic E-state index is 6.32. The molecule has 1 heterocycles. The maximum Gasteiger partial charge on any atom is 0.0702 e. The fourth-order valence-electron chi connectivity index (χ4n) is 2.85. The third-order valence-corrected chi connectivity index (χ3v) is 4.20. The van der Waals surface area contributed by atoms with Crippen molar-refractivity contribution in [1.29, 1.82) is 0 Å². The molecule has 1 aliphatic rings. The molecule has 2 rings (SSSR count). The first-order valence-electron chi connectivity index (χ1n) is 7.28. The number of hydrogen-bond acceptors (Lipinski definition) is 3. The van der Waals surface area contributed by atoms with E-state index in [4.69, 9.17) is 10.5 Å². The van der Waals surface area contributed by atoms with E-state index in [2.05, 4.69) is 50.1 Å². The molecule has 1 fully saturated rings. The minimum Gasteiger partial charge on any atom is -0.377 e. The molecule has 0 amide bonds.